The van der Waals surface area contributed by atoms with Gasteiger partial charge in [0.25, 0.3) is 0 Å². The topological polar surface area (TPSA) is 77.5 Å². The summed E-state index contributed by atoms with van der Waals surface area (Å²) < 4.78 is 4.25. The Bertz CT molecular complexity index is 266. The van der Waals surface area contributed by atoms with Crippen molar-refractivity contribution in [3.05, 3.63) is 0 Å². The maximum Gasteiger partial charge on any atom is 0.313 e. The molecule has 0 aliphatic heterocycles. The molecule has 0 saturated carbocycles. The molecule has 0 bridgehead atoms. The van der Waals surface area contributed by atoms with E-state index in [1.807, 2.05) is 0 Å². The minimum absolute atomic E-state index is 0.257. The minimum Gasteiger partial charge on any atom is -0.469 e. The predicted molar refractivity (Wildman–Crippen MR) is 46.6 cm³/mol. The average Bonchev–Trinajstić information content (AvgIpc) is 2.01. The zero-order valence-electron chi connectivity index (χ0n) is 8.16. The number of hydrogen-bond donors (Lipinski definition) is 0. The Kier molecular flexibility index (Phi) is 5.36. The molecular weight excluding hydrogens is 188 g/mol. The maximum atomic E-state index is 11.0. The third kappa shape index (κ3) is 6.05. The largest absolute Gasteiger partial charge is 0.469 e. The van der Waals surface area contributed by atoms with E-state index in [2.05, 4.69) is 4.74 Å². The third-order valence-corrected chi connectivity index (χ3v) is 1.41. The molecule has 0 aromatic heterocycles. The van der Waals surface area contributed by atoms with Crippen LogP contribution in [0.2, 0.25) is 0 Å². The lowest BCUT2D eigenvalue weighted by atomic mass is 10.1. The van der Waals surface area contributed by atoms with Gasteiger partial charge in [-0.3, -0.25) is 19.2 Å². The van der Waals surface area contributed by atoms with Crippen LogP contribution in [-0.4, -0.2) is 30.4 Å². The number of carbonyl (C=O) groups excluding carboxylic acids is 4. The van der Waals surface area contributed by atoms with Crippen LogP contribution >= 0.6 is 0 Å². The van der Waals surface area contributed by atoms with Gasteiger partial charge in [-0.25, -0.2) is 0 Å². The van der Waals surface area contributed by atoms with E-state index in [-0.39, 0.29) is 18.6 Å². The van der Waals surface area contributed by atoms with Gasteiger partial charge in [0.2, 0.25) is 0 Å². The Balaban J connectivity index is 3.88. The zero-order chi connectivity index (χ0) is 11.1. The Morgan fingerprint density at radius 1 is 0.929 bits per heavy atom. The van der Waals surface area contributed by atoms with Crippen LogP contribution in [0.5, 0.6) is 0 Å². The SMILES string of the molecule is COC(=O)CC(=O)CC(=O)CC(C)=O. The molecule has 0 fully saturated rings. The predicted octanol–water partition coefficient (Wildman–Crippen LogP) is 0.0569. The number of ketones is 3. The van der Waals surface area contributed by atoms with E-state index in [9.17, 15) is 19.2 Å². The molecule has 0 aliphatic rings. The fourth-order valence-electron chi connectivity index (χ4n) is 0.856. The van der Waals surface area contributed by atoms with E-state index >= 15 is 0 Å². The van der Waals surface area contributed by atoms with E-state index in [0.717, 1.165) is 7.11 Å². The second-order valence-corrected chi connectivity index (χ2v) is 2.89. The van der Waals surface area contributed by atoms with Gasteiger partial charge >= 0.3 is 5.97 Å². The fraction of sp³-hybridized carbons (Fsp3) is 0.556. The highest BCUT2D eigenvalue weighted by Crippen LogP contribution is 1.97. The molecule has 0 amide bonds. The summed E-state index contributed by atoms with van der Waals surface area (Å²) in [6, 6.07) is 0. The van der Waals surface area contributed by atoms with Crippen LogP contribution in [0.4, 0.5) is 0 Å². The molecule has 0 radical (unpaired) electrons. The van der Waals surface area contributed by atoms with Gasteiger partial charge in [-0.05, 0) is 6.92 Å². The summed E-state index contributed by atoms with van der Waals surface area (Å²) in [6.45, 7) is 1.27. The quantitative estimate of drug-likeness (QED) is 0.447. The van der Waals surface area contributed by atoms with Crippen LogP contribution in [-0.2, 0) is 23.9 Å². The van der Waals surface area contributed by atoms with Gasteiger partial charge in [0, 0.05) is 0 Å². The molecule has 78 valence electrons. The monoisotopic (exact) mass is 200 g/mol. The van der Waals surface area contributed by atoms with Crippen molar-refractivity contribution < 1.29 is 23.9 Å². The van der Waals surface area contributed by atoms with Crippen molar-refractivity contribution >= 4 is 23.3 Å². The van der Waals surface area contributed by atoms with Crippen LogP contribution < -0.4 is 0 Å². The summed E-state index contributed by atoms with van der Waals surface area (Å²) in [5.41, 5.74) is 0. The molecular formula is C9H12O5. The van der Waals surface area contributed by atoms with Crippen LogP contribution in [0.1, 0.15) is 26.2 Å². The highest BCUT2D eigenvalue weighted by Gasteiger charge is 2.14. The van der Waals surface area contributed by atoms with Gasteiger partial charge in [0.15, 0.2) is 5.78 Å². The summed E-state index contributed by atoms with van der Waals surface area (Å²) >= 11 is 0. The highest BCUT2D eigenvalue weighted by molar-refractivity contribution is 6.10. The third-order valence-electron chi connectivity index (χ3n) is 1.41. The van der Waals surface area contributed by atoms with Crippen LogP contribution in [0.15, 0.2) is 0 Å². The first-order chi connectivity index (χ1) is 6.45. The molecule has 0 spiro atoms. The number of carbonyl (C=O) groups is 4. The average molecular weight is 200 g/mol. The Morgan fingerprint density at radius 3 is 1.86 bits per heavy atom. The smallest absolute Gasteiger partial charge is 0.313 e. The number of methoxy groups -OCH3 is 1. The molecule has 0 N–H and O–H groups in total. The first-order valence-corrected chi connectivity index (χ1v) is 4.05. The lowest BCUT2D eigenvalue weighted by Crippen LogP contribution is -2.14. The van der Waals surface area contributed by atoms with Gasteiger partial charge in [0.1, 0.15) is 18.0 Å². The summed E-state index contributed by atoms with van der Waals surface area (Å²) in [4.78, 5) is 43.0. The molecule has 0 heterocycles. The number of ether oxygens (including phenoxy) is 1. The summed E-state index contributed by atoms with van der Waals surface area (Å²) in [6.07, 6.45) is -1.05. The van der Waals surface area contributed by atoms with E-state index < -0.39 is 24.0 Å². The number of Topliss-reactive ketones (excluding diaryl/α,β-unsaturated/α-hetero) is 3. The molecule has 0 aromatic carbocycles. The molecule has 0 unspecified atom stereocenters. The lowest BCUT2D eigenvalue weighted by Gasteiger charge is -1.98. The van der Waals surface area contributed by atoms with Gasteiger partial charge in [-0.15, -0.1) is 0 Å². The number of rotatable bonds is 6. The highest BCUT2D eigenvalue weighted by atomic mass is 16.5. The van der Waals surface area contributed by atoms with Crippen molar-refractivity contribution in [1.82, 2.24) is 0 Å². The van der Waals surface area contributed by atoms with Crippen molar-refractivity contribution in [2.45, 2.75) is 26.2 Å². The first-order valence-electron chi connectivity index (χ1n) is 4.05. The molecule has 0 saturated heterocycles. The molecule has 14 heavy (non-hydrogen) atoms. The fourth-order valence-corrected chi connectivity index (χ4v) is 0.856. The minimum atomic E-state index is -0.675. The van der Waals surface area contributed by atoms with Crippen LogP contribution in [0.25, 0.3) is 0 Å². The van der Waals surface area contributed by atoms with E-state index in [4.69, 9.17) is 0 Å². The Labute approximate surface area is 81.4 Å². The molecule has 0 aromatic rings. The molecule has 5 heteroatoms. The molecule has 0 atom stereocenters. The number of hydrogen-bond acceptors (Lipinski definition) is 5. The van der Waals surface area contributed by atoms with Gasteiger partial charge < -0.3 is 4.74 Å². The van der Waals surface area contributed by atoms with Crippen molar-refractivity contribution in [2.24, 2.45) is 0 Å². The molecule has 0 rings (SSSR count). The van der Waals surface area contributed by atoms with Crippen LogP contribution in [0, 0.1) is 0 Å². The van der Waals surface area contributed by atoms with Crippen LogP contribution in [0.3, 0.4) is 0 Å². The first kappa shape index (κ1) is 12.5. The van der Waals surface area contributed by atoms with Crippen molar-refractivity contribution in [1.29, 1.82) is 0 Å². The number of esters is 1. The second kappa shape index (κ2) is 6.01. The summed E-state index contributed by atoms with van der Waals surface area (Å²) in [5.74, 6) is -1.96. The van der Waals surface area contributed by atoms with Gasteiger partial charge in [0.05, 0.1) is 20.0 Å². The van der Waals surface area contributed by atoms with E-state index in [1.54, 1.807) is 0 Å². The Morgan fingerprint density at radius 2 is 1.43 bits per heavy atom. The second-order valence-electron chi connectivity index (χ2n) is 2.89. The van der Waals surface area contributed by atoms with Crippen molar-refractivity contribution in [2.75, 3.05) is 7.11 Å². The summed E-state index contributed by atoms with van der Waals surface area (Å²) in [7, 11) is 1.16. The van der Waals surface area contributed by atoms with Gasteiger partial charge in [-0.1, -0.05) is 0 Å². The molecule has 5 nitrogen and oxygen atoms in total. The Hall–Kier alpha value is -1.52. The van der Waals surface area contributed by atoms with Crippen molar-refractivity contribution in [3.63, 3.8) is 0 Å². The standard InChI is InChI=1S/C9H12O5/c1-6(10)3-7(11)4-8(12)5-9(13)14-2/h3-5H2,1-2H3. The normalized spacial score (nSPS) is 9.29. The van der Waals surface area contributed by atoms with E-state index in [0.29, 0.717) is 0 Å². The van der Waals surface area contributed by atoms with Crippen molar-refractivity contribution in [3.8, 4) is 0 Å². The maximum absolute atomic E-state index is 11.0. The zero-order valence-corrected chi connectivity index (χ0v) is 8.16. The van der Waals surface area contributed by atoms with Gasteiger partial charge in [-0.2, -0.15) is 0 Å². The lowest BCUT2D eigenvalue weighted by molar-refractivity contribution is -0.143. The van der Waals surface area contributed by atoms with E-state index in [1.165, 1.54) is 6.92 Å². The molecule has 0 aliphatic carbocycles. The summed E-state index contributed by atoms with van der Waals surface area (Å²) in [5, 5.41) is 0.